The standard InChI is InChI=1S/C15H29NO/c1-3-4-5-6-7-8-11-14(2)16-13-10-9-12-15(16)17/h14H,3-13H2,1-2H3. The predicted octanol–water partition coefficient (Wildman–Crippen LogP) is 4.14. The van der Waals surface area contributed by atoms with Crippen molar-refractivity contribution in [2.24, 2.45) is 0 Å². The molecule has 1 rings (SSSR count). The average Bonchev–Trinajstić information content (AvgIpc) is 2.34. The van der Waals surface area contributed by atoms with Crippen molar-refractivity contribution >= 4 is 5.91 Å². The van der Waals surface area contributed by atoms with Crippen molar-refractivity contribution in [3.63, 3.8) is 0 Å². The van der Waals surface area contributed by atoms with Crippen molar-refractivity contribution in [2.45, 2.75) is 84.1 Å². The molecule has 0 saturated carbocycles. The van der Waals surface area contributed by atoms with Gasteiger partial charge in [0.15, 0.2) is 0 Å². The van der Waals surface area contributed by atoms with Crippen LogP contribution in [0.4, 0.5) is 0 Å². The predicted molar refractivity (Wildman–Crippen MR) is 73.0 cm³/mol. The molecule has 1 heterocycles. The Morgan fingerprint density at radius 1 is 1.12 bits per heavy atom. The molecule has 2 heteroatoms. The summed E-state index contributed by atoms with van der Waals surface area (Å²) in [5.41, 5.74) is 0. The molecule has 1 saturated heterocycles. The van der Waals surface area contributed by atoms with Crippen LogP contribution in [0.1, 0.15) is 78.1 Å². The van der Waals surface area contributed by atoms with Gasteiger partial charge in [-0.3, -0.25) is 4.79 Å². The van der Waals surface area contributed by atoms with E-state index in [0.29, 0.717) is 11.9 Å². The molecule has 17 heavy (non-hydrogen) atoms. The zero-order valence-electron chi connectivity index (χ0n) is 11.7. The molecule has 2 nitrogen and oxygen atoms in total. The zero-order valence-corrected chi connectivity index (χ0v) is 11.7. The molecule has 0 N–H and O–H groups in total. The fourth-order valence-corrected chi connectivity index (χ4v) is 2.67. The molecule has 100 valence electrons. The van der Waals surface area contributed by atoms with Crippen LogP contribution in [-0.2, 0) is 4.79 Å². The number of nitrogens with zero attached hydrogens (tertiary/aromatic N) is 1. The Hall–Kier alpha value is -0.530. The summed E-state index contributed by atoms with van der Waals surface area (Å²) in [7, 11) is 0. The molecule has 0 bridgehead atoms. The minimum absolute atomic E-state index is 0.384. The van der Waals surface area contributed by atoms with Crippen molar-refractivity contribution in [2.75, 3.05) is 6.54 Å². The molecule has 0 aromatic rings. The lowest BCUT2D eigenvalue weighted by Crippen LogP contribution is -2.41. The van der Waals surface area contributed by atoms with Gasteiger partial charge in [0.05, 0.1) is 0 Å². The summed E-state index contributed by atoms with van der Waals surface area (Å²) in [5.74, 6) is 0.384. The smallest absolute Gasteiger partial charge is 0.222 e. The fraction of sp³-hybridized carbons (Fsp3) is 0.933. The third-order valence-corrected chi connectivity index (χ3v) is 3.87. The summed E-state index contributed by atoms with van der Waals surface area (Å²) < 4.78 is 0. The lowest BCUT2D eigenvalue weighted by Gasteiger charge is -2.32. The molecule has 1 amide bonds. The first-order valence-electron chi connectivity index (χ1n) is 7.55. The quantitative estimate of drug-likeness (QED) is 0.583. The van der Waals surface area contributed by atoms with Gasteiger partial charge in [0.25, 0.3) is 0 Å². The Balaban J connectivity index is 2.07. The monoisotopic (exact) mass is 239 g/mol. The first-order valence-corrected chi connectivity index (χ1v) is 7.55. The van der Waals surface area contributed by atoms with Crippen LogP contribution in [0.5, 0.6) is 0 Å². The summed E-state index contributed by atoms with van der Waals surface area (Å²) in [4.78, 5) is 13.8. The molecule has 1 fully saturated rings. The van der Waals surface area contributed by atoms with Crippen LogP contribution in [0.2, 0.25) is 0 Å². The summed E-state index contributed by atoms with van der Waals surface area (Å²) in [6.07, 6.45) is 12.3. The zero-order chi connectivity index (χ0) is 12.5. The highest BCUT2D eigenvalue weighted by Crippen LogP contribution is 2.17. The Kier molecular flexibility index (Phi) is 7.30. The molecule has 1 aliphatic heterocycles. The number of likely N-dealkylation sites (tertiary alicyclic amines) is 1. The maximum atomic E-state index is 11.7. The first-order chi connectivity index (χ1) is 8.25. The van der Waals surface area contributed by atoms with Gasteiger partial charge in [-0.15, -0.1) is 0 Å². The second-order valence-corrected chi connectivity index (χ2v) is 5.45. The number of hydrogen-bond acceptors (Lipinski definition) is 1. The van der Waals surface area contributed by atoms with Crippen LogP contribution in [-0.4, -0.2) is 23.4 Å². The molecular weight excluding hydrogens is 210 g/mol. The maximum Gasteiger partial charge on any atom is 0.222 e. The highest BCUT2D eigenvalue weighted by molar-refractivity contribution is 5.77. The number of hydrogen-bond donors (Lipinski definition) is 0. The highest BCUT2D eigenvalue weighted by atomic mass is 16.2. The SMILES string of the molecule is CCCCCCCCC(C)N1CCCCC1=O. The maximum absolute atomic E-state index is 11.7. The number of amides is 1. The van der Waals surface area contributed by atoms with E-state index in [1.54, 1.807) is 0 Å². The lowest BCUT2D eigenvalue weighted by molar-refractivity contribution is -0.135. The van der Waals surface area contributed by atoms with Crippen LogP contribution in [0.3, 0.4) is 0 Å². The second kappa shape index (κ2) is 8.54. The van der Waals surface area contributed by atoms with Gasteiger partial charge < -0.3 is 4.90 Å². The summed E-state index contributed by atoms with van der Waals surface area (Å²) >= 11 is 0. The molecule has 1 unspecified atom stereocenters. The number of carbonyl (C=O) groups is 1. The molecule has 1 atom stereocenters. The van der Waals surface area contributed by atoms with Gasteiger partial charge in [0, 0.05) is 19.0 Å². The van der Waals surface area contributed by atoms with Crippen LogP contribution in [0, 0.1) is 0 Å². The minimum Gasteiger partial charge on any atom is -0.340 e. The van der Waals surface area contributed by atoms with E-state index in [1.807, 2.05) is 0 Å². The van der Waals surface area contributed by atoms with Gasteiger partial charge in [0.1, 0.15) is 0 Å². The van der Waals surface area contributed by atoms with Crippen molar-refractivity contribution < 1.29 is 4.79 Å². The van der Waals surface area contributed by atoms with Gasteiger partial charge in [-0.25, -0.2) is 0 Å². The van der Waals surface area contributed by atoms with Gasteiger partial charge in [-0.2, -0.15) is 0 Å². The normalized spacial score (nSPS) is 18.5. The Morgan fingerprint density at radius 3 is 2.53 bits per heavy atom. The van der Waals surface area contributed by atoms with E-state index in [0.717, 1.165) is 19.4 Å². The van der Waals surface area contributed by atoms with Gasteiger partial charge in [0.2, 0.25) is 5.91 Å². The lowest BCUT2D eigenvalue weighted by atomic mass is 10.0. The van der Waals surface area contributed by atoms with Crippen LogP contribution < -0.4 is 0 Å². The van der Waals surface area contributed by atoms with Crippen molar-refractivity contribution in [3.8, 4) is 0 Å². The topological polar surface area (TPSA) is 20.3 Å². The molecule has 0 spiro atoms. The van der Waals surface area contributed by atoms with E-state index in [9.17, 15) is 4.79 Å². The van der Waals surface area contributed by atoms with Crippen molar-refractivity contribution in [3.05, 3.63) is 0 Å². The molecule has 0 aromatic carbocycles. The molecule has 0 radical (unpaired) electrons. The molecule has 0 aliphatic carbocycles. The van der Waals surface area contributed by atoms with E-state index < -0.39 is 0 Å². The number of piperidine rings is 1. The first kappa shape index (κ1) is 14.5. The Morgan fingerprint density at radius 2 is 1.82 bits per heavy atom. The fourth-order valence-electron chi connectivity index (χ4n) is 2.67. The van der Waals surface area contributed by atoms with Gasteiger partial charge >= 0.3 is 0 Å². The van der Waals surface area contributed by atoms with Crippen molar-refractivity contribution in [1.29, 1.82) is 0 Å². The Labute approximate surface area is 107 Å². The largest absolute Gasteiger partial charge is 0.340 e. The number of unbranched alkanes of at least 4 members (excludes halogenated alkanes) is 5. The third kappa shape index (κ3) is 5.56. The van der Waals surface area contributed by atoms with E-state index >= 15 is 0 Å². The van der Waals surface area contributed by atoms with E-state index in [1.165, 1.54) is 51.4 Å². The van der Waals surface area contributed by atoms with E-state index in [-0.39, 0.29) is 0 Å². The van der Waals surface area contributed by atoms with E-state index in [2.05, 4.69) is 18.7 Å². The molecule has 1 aliphatic rings. The van der Waals surface area contributed by atoms with Crippen LogP contribution in [0.25, 0.3) is 0 Å². The molecule has 0 aromatic heterocycles. The van der Waals surface area contributed by atoms with Gasteiger partial charge in [-0.05, 0) is 26.2 Å². The summed E-state index contributed by atoms with van der Waals surface area (Å²) in [6.45, 7) is 5.47. The number of carbonyl (C=O) groups excluding carboxylic acids is 1. The summed E-state index contributed by atoms with van der Waals surface area (Å²) in [5, 5.41) is 0. The Bertz CT molecular complexity index is 215. The summed E-state index contributed by atoms with van der Waals surface area (Å²) in [6, 6.07) is 0.467. The third-order valence-electron chi connectivity index (χ3n) is 3.87. The van der Waals surface area contributed by atoms with Crippen LogP contribution in [0.15, 0.2) is 0 Å². The highest BCUT2D eigenvalue weighted by Gasteiger charge is 2.22. The van der Waals surface area contributed by atoms with Crippen LogP contribution >= 0.6 is 0 Å². The average molecular weight is 239 g/mol. The molecular formula is C15H29NO. The van der Waals surface area contributed by atoms with Crippen molar-refractivity contribution in [1.82, 2.24) is 4.90 Å². The second-order valence-electron chi connectivity index (χ2n) is 5.45. The van der Waals surface area contributed by atoms with Gasteiger partial charge in [-0.1, -0.05) is 45.4 Å². The minimum atomic E-state index is 0.384. The van der Waals surface area contributed by atoms with E-state index in [4.69, 9.17) is 0 Å². The number of rotatable bonds is 8.